The minimum atomic E-state index is -0.722. The van der Waals surface area contributed by atoms with Crippen molar-refractivity contribution in [3.8, 4) is 0 Å². The minimum Gasteiger partial charge on any atom is -0.396 e. The van der Waals surface area contributed by atoms with Crippen LogP contribution in [0.3, 0.4) is 0 Å². The Labute approximate surface area is 221 Å². The number of nitrogens with two attached hydrogens (primary N) is 1. The van der Waals surface area contributed by atoms with Crippen LogP contribution >= 0.6 is 11.3 Å². The van der Waals surface area contributed by atoms with Crippen LogP contribution in [0.15, 0.2) is 36.7 Å². The van der Waals surface area contributed by atoms with Crippen molar-refractivity contribution in [1.29, 1.82) is 5.41 Å². The van der Waals surface area contributed by atoms with Crippen LogP contribution < -0.4 is 11.1 Å². The van der Waals surface area contributed by atoms with Crippen molar-refractivity contribution >= 4 is 51.0 Å². The lowest BCUT2D eigenvalue weighted by molar-refractivity contribution is -0.144. The van der Waals surface area contributed by atoms with Crippen molar-refractivity contribution in [1.82, 2.24) is 19.8 Å². The molecule has 1 aliphatic carbocycles. The first kappa shape index (κ1) is 26.7. The zero-order chi connectivity index (χ0) is 26.6. The number of benzene rings is 1. The smallest absolute Gasteiger partial charge is 0.314 e. The molecule has 0 bridgehead atoms. The number of likely N-dealkylation sites (tertiary alicyclic amines) is 1. The van der Waals surface area contributed by atoms with Gasteiger partial charge in [-0.3, -0.25) is 14.6 Å². The Bertz CT molecular complexity index is 1250. The van der Waals surface area contributed by atoms with E-state index in [1.165, 1.54) is 34.9 Å². The number of amides is 2. The first-order valence-electron chi connectivity index (χ1n) is 12.6. The highest BCUT2D eigenvalue weighted by molar-refractivity contribution is 7.18. The van der Waals surface area contributed by atoms with Crippen LogP contribution in [0.5, 0.6) is 0 Å². The number of carbonyl (C=O) groups is 2. The van der Waals surface area contributed by atoms with Gasteiger partial charge in [-0.05, 0) is 57.8 Å². The van der Waals surface area contributed by atoms with Gasteiger partial charge in [-0.15, -0.1) is 11.3 Å². The fourth-order valence-corrected chi connectivity index (χ4v) is 5.89. The van der Waals surface area contributed by atoms with Gasteiger partial charge in [0.1, 0.15) is 5.01 Å². The van der Waals surface area contributed by atoms with E-state index in [4.69, 9.17) is 16.1 Å². The van der Waals surface area contributed by atoms with Gasteiger partial charge >= 0.3 is 11.8 Å². The normalized spacial score (nSPS) is 18.2. The Morgan fingerprint density at radius 3 is 2.70 bits per heavy atom. The van der Waals surface area contributed by atoms with E-state index in [-0.39, 0.29) is 11.4 Å². The molecule has 0 radical (unpaired) electrons. The number of piperidine rings is 1. The lowest BCUT2D eigenvalue weighted by Gasteiger charge is -2.30. The van der Waals surface area contributed by atoms with Gasteiger partial charge in [-0.2, -0.15) is 0 Å². The quantitative estimate of drug-likeness (QED) is 0.347. The third-order valence-electron chi connectivity index (χ3n) is 6.78. The summed E-state index contributed by atoms with van der Waals surface area (Å²) >= 11 is 1.87. The average Bonchev–Trinajstić information content (AvgIpc) is 3.51. The highest BCUT2D eigenvalue weighted by Gasteiger charge is 2.47. The predicted molar refractivity (Wildman–Crippen MR) is 149 cm³/mol. The maximum atomic E-state index is 12.1. The highest BCUT2D eigenvalue weighted by Crippen LogP contribution is 2.50. The number of carbonyl (C=O) groups excluding carboxylic acids is 2. The molecule has 196 valence electrons. The molecule has 3 aromatic rings. The molecule has 9 nitrogen and oxygen atoms in total. The molecule has 3 heterocycles. The first-order chi connectivity index (χ1) is 17.7. The van der Waals surface area contributed by atoms with E-state index in [1.54, 1.807) is 4.90 Å². The number of nitrogen functional groups attached to an aromatic ring is 1. The molecule has 1 saturated heterocycles. The summed E-state index contributed by atoms with van der Waals surface area (Å²) in [5.74, 6) is -0.871. The van der Waals surface area contributed by atoms with Gasteiger partial charge < -0.3 is 26.3 Å². The molecule has 1 aromatic carbocycles. The van der Waals surface area contributed by atoms with Gasteiger partial charge in [0.05, 0.1) is 27.8 Å². The Hall–Kier alpha value is -3.37. The van der Waals surface area contributed by atoms with Crippen molar-refractivity contribution in [2.75, 3.05) is 44.8 Å². The minimum absolute atomic E-state index is 0.230. The Balaban J connectivity index is 0.000000179. The SMILES string of the molecule is CC1CCCN(C(=O)C(=O)Nc2cncc(C=N)c2N)C1.CN(C)CC1(c2nc3ccccc3s2)CC1. The summed E-state index contributed by atoms with van der Waals surface area (Å²) in [4.78, 5) is 36.7. The zero-order valence-corrected chi connectivity index (χ0v) is 22.5. The number of thiazole rings is 1. The summed E-state index contributed by atoms with van der Waals surface area (Å²) in [6.07, 6.45) is 8.41. The van der Waals surface area contributed by atoms with E-state index in [1.807, 2.05) is 11.3 Å². The predicted octanol–water partition coefficient (Wildman–Crippen LogP) is 3.75. The van der Waals surface area contributed by atoms with Gasteiger partial charge in [-0.25, -0.2) is 4.98 Å². The van der Waals surface area contributed by atoms with Gasteiger partial charge in [-0.1, -0.05) is 19.1 Å². The third kappa shape index (κ3) is 6.31. The Morgan fingerprint density at radius 1 is 1.30 bits per heavy atom. The van der Waals surface area contributed by atoms with Crippen LogP contribution in [-0.2, 0) is 15.0 Å². The Morgan fingerprint density at radius 2 is 2.05 bits per heavy atom. The number of nitrogens with zero attached hydrogens (tertiary/aromatic N) is 4. The molecule has 1 atom stereocenters. The van der Waals surface area contributed by atoms with E-state index in [0.29, 0.717) is 30.0 Å². The molecule has 37 heavy (non-hydrogen) atoms. The fraction of sp³-hybridized carbons (Fsp3) is 0.444. The van der Waals surface area contributed by atoms with E-state index in [9.17, 15) is 9.59 Å². The van der Waals surface area contributed by atoms with E-state index in [0.717, 1.165) is 31.1 Å². The van der Waals surface area contributed by atoms with Crippen molar-refractivity contribution in [3.63, 3.8) is 0 Å². The van der Waals surface area contributed by atoms with E-state index < -0.39 is 11.8 Å². The molecule has 1 saturated carbocycles. The second-order valence-electron chi connectivity index (χ2n) is 10.3. The maximum Gasteiger partial charge on any atom is 0.314 e. The number of hydrogen-bond donors (Lipinski definition) is 3. The lowest BCUT2D eigenvalue weighted by atomic mass is 10.0. The molecule has 2 amide bonds. The monoisotopic (exact) mass is 521 g/mol. The van der Waals surface area contributed by atoms with Crippen LogP contribution in [0.2, 0.25) is 0 Å². The molecular formula is C27H35N7O2S. The number of nitrogens with one attached hydrogen (secondary N) is 2. The number of likely N-dealkylation sites (N-methyl/N-ethyl adjacent to an activating group) is 1. The fourth-order valence-electron chi connectivity index (χ4n) is 4.69. The van der Waals surface area contributed by atoms with Crippen LogP contribution in [0.25, 0.3) is 10.2 Å². The summed E-state index contributed by atoms with van der Waals surface area (Å²) in [7, 11) is 4.29. The number of pyridine rings is 1. The second-order valence-corrected chi connectivity index (χ2v) is 11.3. The van der Waals surface area contributed by atoms with Crippen molar-refractivity contribution in [2.45, 2.75) is 38.0 Å². The molecular weight excluding hydrogens is 486 g/mol. The molecule has 5 rings (SSSR count). The molecule has 2 fully saturated rings. The largest absolute Gasteiger partial charge is 0.396 e. The van der Waals surface area contributed by atoms with Gasteiger partial charge in [0, 0.05) is 43.0 Å². The second kappa shape index (κ2) is 11.4. The number of anilines is 2. The molecule has 10 heteroatoms. The summed E-state index contributed by atoms with van der Waals surface area (Å²) in [5, 5.41) is 11.0. The summed E-state index contributed by atoms with van der Waals surface area (Å²) < 4.78 is 1.32. The molecule has 2 aliphatic rings. The molecule has 1 aliphatic heterocycles. The van der Waals surface area contributed by atoms with Crippen LogP contribution in [0.1, 0.15) is 43.2 Å². The van der Waals surface area contributed by atoms with Gasteiger partial charge in [0.15, 0.2) is 0 Å². The van der Waals surface area contributed by atoms with Gasteiger partial charge in [0.2, 0.25) is 0 Å². The summed E-state index contributed by atoms with van der Waals surface area (Å²) in [6.45, 7) is 4.39. The standard InChI is InChI=1S/C14H19N5O2.C13H16N2S/c1-9-3-2-4-19(8-9)14(21)13(20)18-11-7-17-6-10(5-15)12(11)16;1-15(2)9-13(7-8-13)12-14-10-5-3-4-6-11(10)16-12/h5-7,9,15H,2-4,8H2,1H3,(H2,16,17)(H,18,20);3-6H,7-9H2,1-2H3. The number of para-hydroxylation sites is 1. The maximum absolute atomic E-state index is 12.1. The molecule has 4 N–H and O–H groups in total. The molecule has 2 aromatic heterocycles. The van der Waals surface area contributed by atoms with E-state index >= 15 is 0 Å². The molecule has 0 spiro atoms. The van der Waals surface area contributed by atoms with Crippen LogP contribution in [0.4, 0.5) is 11.4 Å². The lowest BCUT2D eigenvalue weighted by Crippen LogP contribution is -2.44. The average molecular weight is 522 g/mol. The summed E-state index contributed by atoms with van der Waals surface area (Å²) in [6, 6.07) is 8.44. The highest BCUT2D eigenvalue weighted by atomic mass is 32.1. The molecule has 1 unspecified atom stereocenters. The zero-order valence-electron chi connectivity index (χ0n) is 21.7. The van der Waals surface area contributed by atoms with Crippen molar-refractivity contribution in [2.24, 2.45) is 5.92 Å². The summed E-state index contributed by atoms with van der Waals surface area (Å²) in [5.41, 5.74) is 8.21. The third-order valence-corrected chi connectivity index (χ3v) is 8.06. The van der Waals surface area contributed by atoms with Gasteiger partial charge in [0.25, 0.3) is 0 Å². The van der Waals surface area contributed by atoms with Crippen LogP contribution in [0, 0.1) is 11.3 Å². The number of aromatic nitrogens is 2. The Kier molecular flexibility index (Phi) is 8.19. The van der Waals surface area contributed by atoms with Crippen molar-refractivity contribution in [3.05, 3.63) is 47.2 Å². The topological polar surface area (TPSA) is 128 Å². The van der Waals surface area contributed by atoms with E-state index in [2.05, 4.69) is 60.5 Å². The number of rotatable bonds is 5. The number of fused-ring (bicyclic) bond motifs is 1. The first-order valence-corrected chi connectivity index (χ1v) is 13.4. The van der Waals surface area contributed by atoms with Crippen LogP contribution in [-0.4, -0.2) is 71.5 Å². The van der Waals surface area contributed by atoms with Crippen molar-refractivity contribution < 1.29 is 9.59 Å². The number of hydrogen-bond acceptors (Lipinski definition) is 8.